The van der Waals surface area contributed by atoms with Crippen molar-refractivity contribution in [3.05, 3.63) is 25.7 Å². The maximum Gasteiger partial charge on any atom is 1.00 e. The molecular weight excluding hydrogens is 353 g/mol. The molecule has 0 fully saturated rings. The number of halogens is 4. The topological polar surface area (TPSA) is 54.4 Å². The van der Waals surface area contributed by atoms with Gasteiger partial charge in [-0.2, -0.15) is 8.42 Å². The summed E-state index contributed by atoms with van der Waals surface area (Å²) in [5.41, 5.74) is 0.440. The van der Waals surface area contributed by atoms with Crippen LogP contribution in [0.3, 0.4) is 0 Å². The average molecular weight is 362 g/mol. The van der Waals surface area contributed by atoms with E-state index in [-0.39, 0.29) is 57.0 Å². The molecule has 3 nitrogen and oxygen atoms in total. The van der Waals surface area contributed by atoms with E-state index in [4.69, 9.17) is 51.0 Å². The first-order valence-electron chi connectivity index (χ1n) is 4.42. The molecule has 0 heterocycles. The van der Waals surface area contributed by atoms with Crippen molar-refractivity contribution in [2.24, 2.45) is 0 Å². The first-order valence-corrected chi connectivity index (χ1v) is 7.37. The number of benzene rings is 1. The summed E-state index contributed by atoms with van der Waals surface area (Å²) in [6.07, 6.45) is 0. The third-order valence-corrected chi connectivity index (χ3v) is 4.98. The third kappa shape index (κ3) is 3.68. The van der Waals surface area contributed by atoms with Gasteiger partial charge in [-0.3, -0.25) is 4.55 Å². The molecule has 1 aromatic rings. The van der Waals surface area contributed by atoms with Gasteiger partial charge in [-0.25, -0.2) is 0 Å². The zero-order valence-corrected chi connectivity index (χ0v) is 15.6. The van der Waals surface area contributed by atoms with E-state index in [1.54, 1.807) is 13.8 Å². The van der Waals surface area contributed by atoms with Gasteiger partial charge in [0.05, 0.1) is 20.1 Å². The average Bonchev–Trinajstić information content (AvgIpc) is 2.12. The molecule has 0 unspecified atom stereocenters. The standard InChI is InChI=1S/C9H8Cl4O3S.Na.H/c1-3(2)4-5(10)7(12)9(17(14,15)16)8(13)6(4)11;;/h3H,1-2H3,(H,14,15,16);;/q;+1;-1. The molecule has 98 valence electrons. The Bertz CT molecular complexity index is 548. The second-order valence-electron chi connectivity index (χ2n) is 3.63. The van der Waals surface area contributed by atoms with Crippen LogP contribution in [0.15, 0.2) is 4.90 Å². The van der Waals surface area contributed by atoms with Gasteiger partial charge in [0.1, 0.15) is 4.90 Å². The van der Waals surface area contributed by atoms with Crippen LogP contribution in [0.5, 0.6) is 0 Å². The predicted octanol–water partition coefficient (Wildman–Crippen LogP) is 1.79. The van der Waals surface area contributed by atoms with Crippen molar-refractivity contribution in [3.63, 3.8) is 0 Å². The van der Waals surface area contributed by atoms with Gasteiger partial charge in [-0.05, 0) is 11.5 Å². The van der Waals surface area contributed by atoms with E-state index in [0.717, 1.165) is 0 Å². The molecule has 0 aliphatic rings. The van der Waals surface area contributed by atoms with Crippen molar-refractivity contribution in [3.8, 4) is 0 Å². The SMILES string of the molecule is CC(C)c1c(Cl)c(Cl)c(S(=O)(=O)O)c(Cl)c1Cl.[H-].[Na+]. The molecular formula is C9H9Cl4NaO3S. The fraction of sp³-hybridized carbons (Fsp3) is 0.333. The van der Waals surface area contributed by atoms with Crippen molar-refractivity contribution in [2.75, 3.05) is 0 Å². The van der Waals surface area contributed by atoms with E-state index >= 15 is 0 Å². The van der Waals surface area contributed by atoms with E-state index in [2.05, 4.69) is 0 Å². The van der Waals surface area contributed by atoms with Gasteiger partial charge in [-0.1, -0.05) is 60.3 Å². The van der Waals surface area contributed by atoms with Crippen LogP contribution in [0.2, 0.25) is 20.1 Å². The predicted molar refractivity (Wildman–Crippen MR) is 71.5 cm³/mol. The Kier molecular flexibility index (Phi) is 7.32. The van der Waals surface area contributed by atoms with Crippen molar-refractivity contribution < 1.29 is 44.0 Å². The molecule has 0 aromatic heterocycles. The largest absolute Gasteiger partial charge is 1.00 e. The number of hydrogen-bond acceptors (Lipinski definition) is 2. The Morgan fingerprint density at radius 2 is 1.33 bits per heavy atom. The molecule has 9 heteroatoms. The van der Waals surface area contributed by atoms with Crippen LogP contribution in [0.4, 0.5) is 0 Å². The van der Waals surface area contributed by atoms with Gasteiger partial charge in [0, 0.05) is 0 Å². The van der Waals surface area contributed by atoms with Crippen LogP contribution in [-0.2, 0) is 10.1 Å². The number of rotatable bonds is 2. The fourth-order valence-corrected chi connectivity index (χ4v) is 4.02. The molecule has 0 radical (unpaired) electrons. The first-order chi connectivity index (χ1) is 7.59. The summed E-state index contributed by atoms with van der Waals surface area (Å²) in [4.78, 5) is -0.666. The van der Waals surface area contributed by atoms with Crippen LogP contribution >= 0.6 is 46.4 Å². The molecule has 1 aromatic carbocycles. The molecule has 0 bridgehead atoms. The first kappa shape index (κ1) is 19.3. The summed E-state index contributed by atoms with van der Waals surface area (Å²) in [5, 5.41) is -0.702. The van der Waals surface area contributed by atoms with Crippen LogP contribution in [0.1, 0.15) is 26.8 Å². The van der Waals surface area contributed by atoms with Gasteiger partial charge in [0.2, 0.25) is 0 Å². The van der Waals surface area contributed by atoms with Gasteiger partial charge in [0.25, 0.3) is 10.1 Å². The second-order valence-corrected chi connectivity index (χ2v) is 6.50. The minimum Gasteiger partial charge on any atom is -1.00 e. The molecule has 0 saturated carbocycles. The quantitative estimate of drug-likeness (QED) is 0.496. The summed E-state index contributed by atoms with van der Waals surface area (Å²) >= 11 is 23.4. The summed E-state index contributed by atoms with van der Waals surface area (Å²) in [6.45, 7) is 3.60. The Morgan fingerprint density at radius 1 is 1.00 bits per heavy atom. The van der Waals surface area contributed by atoms with Crippen LogP contribution in [0, 0.1) is 0 Å². The van der Waals surface area contributed by atoms with Gasteiger partial charge in [0.15, 0.2) is 0 Å². The minimum absolute atomic E-state index is 0. The third-order valence-electron chi connectivity index (χ3n) is 2.09. The van der Waals surface area contributed by atoms with Crippen molar-refractivity contribution in [2.45, 2.75) is 24.7 Å². The molecule has 18 heavy (non-hydrogen) atoms. The Hall–Kier alpha value is 1.29. The van der Waals surface area contributed by atoms with Crippen LogP contribution in [-0.4, -0.2) is 13.0 Å². The molecule has 0 spiro atoms. The summed E-state index contributed by atoms with van der Waals surface area (Å²) in [5.74, 6) is -0.0968. The van der Waals surface area contributed by atoms with Crippen molar-refractivity contribution in [1.82, 2.24) is 0 Å². The monoisotopic (exact) mass is 360 g/mol. The summed E-state index contributed by atoms with van der Waals surface area (Å²) in [7, 11) is -4.58. The summed E-state index contributed by atoms with van der Waals surface area (Å²) in [6, 6.07) is 0. The van der Waals surface area contributed by atoms with E-state index < -0.39 is 15.0 Å². The Morgan fingerprint density at radius 3 is 1.56 bits per heavy atom. The normalized spacial score (nSPS) is 11.6. The summed E-state index contributed by atoms with van der Waals surface area (Å²) < 4.78 is 31.3. The molecule has 0 aliphatic heterocycles. The molecule has 0 saturated heterocycles. The van der Waals surface area contributed by atoms with Crippen molar-refractivity contribution in [1.29, 1.82) is 0 Å². The van der Waals surface area contributed by atoms with Crippen LogP contribution in [0.25, 0.3) is 0 Å². The molecule has 0 atom stereocenters. The van der Waals surface area contributed by atoms with E-state index in [1.807, 2.05) is 0 Å². The van der Waals surface area contributed by atoms with E-state index in [1.165, 1.54) is 0 Å². The molecule has 0 aliphatic carbocycles. The van der Waals surface area contributed by atoms with Gasteiger partial charge in [-0.15, -0.1) is 0 Å². The van der Waals surface area contributed by atoms with Crippen molar-refractivity contribution >= 4 is 56.5 Å². The zero-order valence-electron chi connectivity index (χ0n) is 10.8. The fourth-order valence-electron chi connectivity index (χ4n) is 1.36. The molecule has 0 amide bonds. The maximum atomic E-state index is 11.1. The molecule has 1 rings (SSSR count). The smallest absolute Gasteiger partial charge is 1.00 e. The Balaban J connectivity index is 0. The van der Waals surface area contributed by atoms with E-state index in [0.29, 0.717) is 5.56 Å². The van der Waals surface area contributed by atoms with Gasteiger partial charge < -0.3 is 1.43 Å². The number of hydrogen-bond donors (Lipinski definition) is 1. The van der Waals surface area contributed by atoms with Crippen LogP contribution < -0.4 is 29.6 Å². The molecule has 1 N–H and O–H groups in total. The minimum atomic E-state index is -4.58. The van der Waals surface area contributed by atoms with E-state index in [9.17, 15) is 8.42 Å². The van der Waals surface area contributed by atoms with Gasteiger partial charge >= 0.3 is 29.6 Å². The Labute approximate surface area is 149 Å². The second kappa shape index (κ2) is 6.83. The zero-order chi connectivity index (χ0) is 13.5. The maximum absolute atomic E-state index is 11.1.